The Morgan fingerprint density at radius 3 is 2.38 bits per heavy atom. The van der Waals surface area contributed by atoms with Gasteiger partial charge in [0.25, 0.3) is 5.69 Å². The highest BCUT2D eigenvalue weighted by Gasteiger charge is 2.36. The minimum absolute atomic E-state index is 0.106. The Morgan fingerprint density at radius 1 is 1.38 bits per heavy atom. The fourth-order valence-electron chi connectivity index (χ4n) is 1.13. The maximum Gasteiger partial charge on any atom is 0.439 e. The average molecular weight is 322 g/mol. The lowest BCUT2D eigenvalue weighted by Gasteiger charge is -2.09. The molecule has 0 fully saturated rings. The fraction of sp³-hybridized carbons (Fsp3) is 0.273. The molecular formula is C11H9F3N2O4S. The van der Waals surface area contributed by atoms with Gasteiger partial charge >= 0.3 is 12.1 Å². The van der Waals surface area contributed by atoms with Gasteiger partial charge in [-0.05, 0) is 12.1 Å². The summed E-state index contributed by atoms with van der Waals surface area (Å²) in [6, 6.07) is 4.25. The highest BCUT2D eigenvalue weighted by atomic mass is 32.2. The summed E-state index contributed by atoms with van der Waals surface area (Å²) >= 11 is 0.183. The highest BCUT2D eigenvalue weighted by Crippen LogP contribution is 2.29. The van der Waals surface area contributed by atoms with E-state index in [0.29, 0.717) is 0 Å². The predicted octanol–water partition coefficient (Wildman–Crippen LogP) is 3.09. The van der Waals surface area contributed by atoms with Gasteiger partial charge in [-0.3, -0.25) is 14.9 Å². The van der Waals surface area contributed by atoms with Gasteiger partial charge in [-0.1, -0.05) is 11.8 Å². The van der Waals surface area contributed by atoms with E-state index in [0.717, 1.165) is 31.4 Å². The molecule has 1 rings (SSSR count). The third kappa shape index (κ3) is 5.42. The molecule has 21 heavy (non-hydrogen) atoms. The van der Waals surface area contributed by atoms with Crippen molar-refractivity contribution in [2.75, 3.05) is 12.9 Å². The summed E-state index contributed by atoms with van der Waals surface area (Å²) in [7, 11) is 1.06. The Hall–Kier alpha value is -2.10. The van der Waals surface area contributed by atoms with Crippen molar-refractivity contribution in [1.82, 2.24) is 0 Å². The molecule has 0 aliphatic heterocycles. The zero-order chi connectivity index (χ0) is 16.0. The maximum atomic E-state index is 12.8. The highest BCUT2D eigenvalue weighted by molar-refractivity contribution is 8.14. The molecule has 0 aliphatic carbocycles. The number of benzene rings is 1. The van der Waals surface area contributed by atoms with E-state index in [1.165, 1.54) is 0 Å². The van der Waals surface area contributed by atoms with Gasteiger partial charge in [0.2, 0.25) is 0 Å². The minimum atomic E-state index is -4.74. The number of thioether (sulfide) groups is 1. The van der Waals surface area contributed by atoms with Crippen LogP contribution >= 0.6 is 11.8 Å². The van der Waals surface area contributed by atoms with Gasteiger partial charge in [-0.15, -0.1) is 0 Å². The van der Waals surface area contributed by atoms with E-state index in [1.807, 2.05) is 0 Å². The van der Waals surface area contributed by atoms with Crippen molar-refractivity contribution in [3.8, 4) is 0 Å². The predicted molar refractivity (Wildman–Crippen MR) is 70.7 cm³/mol. The average Bonchev–Trinajstić information content (AvgIpc) is 2.42. The summed E-state index contributed by atoms with van der Waals surface area (Å²) in [4.78, 5) is 24.0. The Morgan fingerprint density at radius 2 is 1.95 bits per heavy atom. The minimum Gasteiger partial charge on any atom is -0.468 e. The van der Waals surface area contributed by atoms with Crippen LogP contribution in [0, 0.1) is 10.1 Å². The topological polar surface area (TPSA) is 81.8 Å². The zero-order valence-electron chi connectivity index (χ0n) is 10.6. The number of rotatable bonds is 4. The van der Waals surface area contributed by atoms with Crippen LogP contribution in [-0.4, -0.2) is 35.0 Å². The SMILES string of the molecule is COC(=O)CSC(=Nc1ccc([N+](=O)[O-])cc1)C(F)(F)F. The summed E-state index contributed by atoms with van der Waals surface area (Å²) in [5.41, 5.74) is -0.366. The van der Waals surface area contributed by atoms with E-state index in [2.05, 4.69) is 9.73 Å². The first kappa shape index (κ1) is 17.0. The van der Waals surface area contributed by atoms with Crippen molar-refractivity contribution >= 4 is 34.1 Å². The van der Waals surface area contributed by atoms with Crippen LogP contribution in [0.3, 0.4) is 0 Å². The molecule has 1 aromatic rings. The molecule has 6 nitrogen and oxygen atoms in total. The number of hydrogen-bond acceptors (Lipinski definition) is 6. The van der Waals surface area contributed by atoms with Crippen LogP contribution in [0.25, 0.3) is 0 Å². The number of ether oxygens (including phenoxy) is 1. The molecule has 1 aromatic carbocycles. The number of nitrogens with zero attached hydrogens (tertiary/aromatic N) is 2. The zero-order valence-corrected chi connectivity index (χ0v) is 11.4. The van der Waals surface area contributed by atoms with E-state index < -0.39 is 27.9 Å². The van der Waals surface area contributed by atoms with Crippen LogP contribution < -0.4 is 0 Å². The normalized spacial score (nSPS) is 12.1. The molecule has 0 aromatic heterocycles. The number of aliphatic imine (C=N–C) groups is 1. The quantitative estimate of drug-likeness (QED) is 0.280. The molecule has 10 heteroatoms. The lowest BCUT2D eigenvalue weighted by Crippen LogP contribution is -2.21. The lowest BCUT2D eigenvalue weighted by molar-refractivity contribution is -0.384. The number of carbonyl (C=O) groups excluding carboxylic acids is 1. The van der Waals surface area contributed by atoms with Crippen molar-refractivity contribution < 1.29 is 27.6 Å². The van der Waals surface area contributed by atoms with Crippen LogP contribution in [0.4, 0.5) is 24.5 Å². The number of hydrogen-bond donors (Lipinski definition) is 0. The number of alkyl halides is 3. The third-order valence-electron chi connectivity index (χ3n) is 2.09. The number of carbonyl (C=O) groups is 1. The molecule has 0 saturated carbocycles. The molecule has 0 bridgehead atoms. The summed E-state index contributed by atoms with van der Waals surface area (Å²) in [5, 5.41) is 9.20. The summed E-state index contributed by atoms with van der Waals surface area (Å²) in [6.07, 6.45) is -4.74. The van der Waals surface area contributed by atoms with Crippen molar-refractivity contribution in [2.24, 2.45) is 4.99 Å². The first-order valence-electron chi connectivity index (χ1n) is 5.34. The maximum absolute atomic E-state index is 12.8. The third-order valence-corrected chi connectivity index (χ3v) is 3.06. The molecule has 0 amide bonds. The van der Waals surface area contributed by atoms with Crippen molar-refractivity contribution in [1.29, 1.82) is 0 Å². The summed E-state index contributed by atoms with van der Waals surface area (Å²) in [6.45, 7) is 0. The molecule has 0 spiro atoms. The van der Waals surface area contributed by atoms with Crippen LogP contribution in [-0.2, 0) is 9.53 Å². The van der Waals surface area contributed by atoms with Crippen LogP contribution in [0.15, 0.2) is 29.3 Å². The smallest absolute Gasteiger partial charge is 0.439 e. The van der Waals surface area contributed by atoms with Crippen molar-refractivity contribution in [2.45, 2.75) is 6.18 Å². The Balaban J connectivity index is 2.96. The molecule has 0 saturated heterocycles. The lowest BCUT2D eigenvalue weighted by atomic mass is 10.3. The molecular weight excluding hydrogens is 313 g/mol. The van der Waals surface area contributed by atoms with E-state index in [-0.39, 0.29) is 23.1 Å². The fourth-order valence-corrected chi connectivity index (χ4v) is 1.84. The molecule has 0 atom stereocenters. The number of non-ortho nitro benzene ring substituents is 1. The van der Waals surface area contributed by atoms with Gasteiger partial charge in [0, 0.05) is 12.1 Å². The number of nitro benzene ring substituents is 1. The second-order valence-corrected chi connectivity index (χ2v) is 4.52. The summed E-state index contributed by atoms with van der Waals surface area (Å²) < 4.78 is 42.5. The molecule has 0 heterocycles. The van der Waals surface area contributed by atoms with Gasteiger partial charge in [0.15, 0.2) is 5.04 Å². The number of esters is 1. The summed E-state index contributed by atoms with van der Waals surface area (Å²) in [5.74, 6) is -1.36. The molecule has 0 aliphatic rings. The van der Waals surface area contributed by atoms with Gasteiger partial charge in [0.05, 0.1) is 23.5 Å². The van der Waals surface area contributed by atoms with Gasteiger partial charge in [-0.2, -0.15) is 13.2 Å². The number of methoxy groups -OCH3 is 1. The van der Waals surface area contributed by atoms with Crippen LogP contribution in [0.2, 0.25) is 0 Å². The van der Waals surface area contributed by atoms with Crippen molar-refractivity contribution in [3.05, 3.63) is 34.4 Å². The Kier molecular flexibility index (Phi) is 5.70. The van der Waals surface area contributed by atoms with E-state index in [4.69, 9.17) is 0 Å². The number of halogens is 3. The Labute approximate surface area is 121 Å². The molecule has 0 N–H and O–H groups in total. The van der Waals surface area contributed by atoms with Crippen LogP contribution in [0.1, 0.15) is 0 Å². The number of nitro groups is 1. The standard InChI is InChI=1S/C11H9F3N2O4S/c1-20-9(17)6-21-10(11(12,13)14)15-7-2-4-8(5-3-7)16(18)19/h2-5H,6H2,1H3. The van der Waals surface area contributed by atoms with E-state index in [1.54, 1.807) is 0 Å². The van der Waals surface area contributed by atoms with Crippen molar-refractivity contribution in [3.63, 3.8) is 0 Å². The Bertz CT molecular complexity index is 558. The van der Waals surface area contributed by atoms with E-state index in [9.17, 15) is 28.1 Å². The van der Waals surface area contributed by atoms with E-state index >= 15 is 0 Å². The second-order valence-electron chi connectivity index (χ2n) is 3.55. The first-order valence-corrected chi connectivity index (χ1v) is 6.32. The monoisotopic (exact) mass is 322 g/mol. The molecule has 114 valence electrons. The second kappa shape index (κ2) is 7.07. The molecule has 0 radical (unpaired) electrons. The van der Waals surface area contributed by atoms with Crippen LogP contribution in [0.5, 0.6) is 0 Å². The largest absolute Gasteiger partial charge is 0.468 e. The first-order chi connectivity index (χ1) is 9.74. The van der Waals surface area contributed by atoms with Gasteiger partial charge < -0.3 is 4.74 Å². The van der Waals surface area contributed by atoms with Gasteiger partial charge in [0.1, 0.15) is 0 Å². The van der Waals surface area contributed by atoms with Gasteiger partial charge in [-0.25, -0.2) is 4.99 Å². The molecule has 0 unspecified atom stereocenters.